The second-order valence-electron chi connectivity index (χ2n) is 3.82. The molecule has 0 aliphatic heterocycles. The summed E-state index contributed by atoms with van der Waals surface area (Å²) in [5.74, 6) is 0.709. The molecule has 0 bridgehead atoms. The molecule has 17 heavy (non-hydrogen) atoms. The maximum absolute atomic E-state index is 11.4. The Morgan fingerprint density at radius 1 is 1.59 bits per heavy atom. The number of carbonyl (C=O) groups excluding carboxylic acids is 1. The van der Waals surface area contributed by atoms with Gasteiger partial charge in [-0.05, 0) is 19.4 Å². The van der Waals surface area contributed by atoms with Crippen LogP contribution in [0.3, 0.4) is 0 Å². The van der Waals surface area contributed by atoms with E-state index in [1.807, 2.05) is 0 Å². The van der Waals surface area contributed by atoms with E-state index in [0.717, 1.165) is 18.5 Å². The topological polar surface area (TPSA) is 82.2 Å². The lowest BCUT2D eigenvalue weighted by Crippen LogP contribution is -2.22. The van der Waals surface area contributed by atoms with Crippen LogP contribution in [-0.4, -0.2) is 29.3 Å². The first-order valence-corrected chi connectivity index (χ1v) is 5.71. The van der Waals surface area contributed by atoms with Gasteiger partial charge in [0.2, 0.25) is 11.8 Å². The van der Waals surface area contributed by atoms with Gasteiger partial charge in [-0.3, -0.25) is 4.79 Å². The molecule has 1 amide bonds. The summed E-state index contributed by atoms with van der Waals surface area (Å²) in [4.78, 5) is 11.4. The van der Waals surface area contributed by atoms with Crippen LogP contribution < -0.4 is 15.8 Å². The van der Waals surface area contributed by atoms with E-state index in [2.05, 4.69) is 10.4 Å². The largest absolute Gasteiger partial charge is 0.481 e. The number of aromatic nitrogens is 2. The van der Waals surface area contributed by atoms with E-state index in [4.69, 9.17) is 10.5 Å². The molecule has 0 unspecified atom stereocenters. The summed E-state index contributed by atoms with van der Waals surface area (Å²) >= 11 is 0. The molecule has 0 aliphatic rings. The van der Waals surface area contributed by atoms with E-state index < -0.39 is 0 Å². The van der Waals surface area contributed by atoms with Crippen LogP contribution in [0.2, 0.25) is 0 Å². The highest BCUT2D eigenvalue weighted by Crippen LogP contribution is 2.10. The molecule has 6 heteroatoms. The number of nitrogens with two attached hydrogens (primary N) is 1. The average molecular weight is 240 g/mol. The number of ether oxygens (including phenoxy) is 1. The highest BCUT2D eigenvalue weighted by Gasteiger charge is 2.06. The third-order valence-corrected chi connectivity index (χ3v) is 2.42. The molecule has 0 atom stereocenters. The molecule has 0 aliphatic carbocycles. The summed E-state index contributed by atoms with van der Waals surface area (Å²) in [5, 5.41) is 7.02. The van der Waals surface area contributed by atoms with Crippen LogP contribution in [0.1, 0.15) is 25.0 Å². The van der Waals surface area contributed by atoms with Crippen LogP contribution in [0, 0.1) is 0 Å². The Balaban J connectivity index is 2.31. The van der Waals surface area contributed by atoms with Crippen LogP contribution in [0.4, 0.5) is 0 Å². The lowest BCUT2D eigenvalue weighted by Gasteiger charge is -2.02. The molecule has 1 rings (SSSR count). The number of hydrogen-bond donors (Lipinski definition) is 2. The summed E-state index contributed by atoms with van der Waals surface area (Å²) in [6.07, 6.45) is 2.22. The third kappa shape index (κ3) is 4.44. The van der Waals surface area contributed by atoms with Gasteiger partial charge in [0.25, 0.3) is 0 Å². The number of aryl methyl sites for hydroxylation is 1. The lowest BCUT2D eigenvalue weighted by atomic mass is 10.2. The maximum Gasteiger partial charge on any atom is 0.220 e. The zero-order valence-electron chi connectivity index (χ0n) is 10.4. The molecule has 1 heterocycles. The Morgan fingerprint density at radius 3 is 2.94 bits per heavy atom. The van der Waals surface area contributed by atoms with Gasteiger partial charge >= 0.3 is 0 Å². The van der Waals surface area contributed by atoms with Crippen molar-refractivity contribution in [2.75, 3.05) is 13.7 Å². The predicted octanol–water partition coefficient (Wildman–Crippen LogP) is 0.174. The van der Waals surface area contributed by atoms with Gasteiger partial charge < -0.3 is 15.8 Å². The molecule has 96 valence electrons. The summed E-state index contributed by atoms with van der Waals surface area (Å²) in [5.41, 5.74) is 6.14. The normalized spacial score (nSPS) is 10.3. The van der Waals surface area contributed by atoms with Crippen molar-refractivity contribution < 1.29 is 9.53 Å². The molecule has 1 aromatic rings. The van der Waals surface area contributed by atoms with Gasteiger partial charge in [0, 0.05) is 19.5 Å². The summed E-state index contributed by atoms with van der Waals surface area (Å²) in [6, 6.07) is 1.81. The van der Waals surface area contributed by atoms with Crippen LogP contribution in [-0.2, 0) is 18.4 Å². The summed E-state index contributed by atoms with van der Waals surface area (Å²) < 4.78 is 6.72. The lowest BCUT2D eigenvalue weighted by molar-refractivity contribution is -0.121. The second kappa shape index (κ2) is 6.90. The van der Waals surface area contributed by atoms with Crippen molar-refractivity contribution in [3.63, 3.8) is 0 Å². The molecule has 0 spiro atoms. The van der Waals surface area contributed by atoms with E-state index in [0.29, 0.717) is 25.4 Å². The summed E-state index contributed by atoms with van der Waals surface area (Å²) in [7, 11) is 3.39. The van der Waals surface area contributed by atoms with Gasteiger partial charge in [0.1, 0.15) is 0 Å². The number of amides is 1. The van der Waals surface area contributed by atoms with Crippen molar-refractivity contribution in [2.45, 2.75) is 25.8 Å². The molecule has 0 fully saturated rings. The number of nitrogens with zero attached hydrogens (tertiary/aromatic N) is 2. The van der Waals surface area contributed by atoms with E-state index in [1.165, 1.54) is 0 Å². The standard InChI is InChI=1S/C11H20N4O2/c1-15-11(17-2)7-9(14-15)8-13-10(16)5-3-4-6-12/h7H,3-6,8,12H2,1-2H3,(H,13,16). The molecular weight excluding hydrogens is 220 g/mol. The Bertz CT molecular complexity index is 362. The fourth-order valence-corrected chi connectivity index (χ4v) is 1.49. The predicted molar refractivity (Wildman–Crippen MR) is 64.5 cm³/mol. The molecule has 3 N–H and O–H groups in total. The zero-order valence-corrected chi connectivity index (χ0v) is 10.4. The van der Waals surface area contributed by atoms with Crippen molar-refractivity contribution in [2.24, 2.45) is 12.8 Å². The Morgan fingerprint density at radius 2 is 2.35 bits per heavy atom. The Labute approximate surface area is 101 Å². The number of nitrogens with one attached hydrogen (secondary N) is 1. The molecule has 6 nitrogen and oxygen atoms in total. The number of unbranched alkanes of at least 4 members (excludes halogenated alkanes) is 1. The molecule has 0 saturated carbocycles. The highest BCUT2D eigenvalue weighted by atomic mass is 16.5. The highest BCUT2D eigenvalue weighted by molar-refractivity contribution is 5.75. The minimum Gasteiger partial charge on any atom is -0.481 e. The number of rotatable bonds is 7. The van der Waals surface area contributed by atoms with Crippen molar-refractivity contribution in [3.8, 4) is 5.88 Å². The van der Waals surface area contributed by atoms with Crippen molar-refractivity contribution in [3.05, 3.63) is 11.8 Å². The molecule has 0 saturated heterocycles. The van der Waals surface area contributed by atoms with E-state index in [9.17, 15) is 4.79 Å². The van der Waals surface area contributed by atoms with Gasteiger partial charge in [-0.1, -0.05) is 0 Å². The quantitative estimate of drug-likeness (QED) is 0.666. The fourth-order valence-electron chi connectivity index (χ4n) is 1.49. The van der Waals surface area contributed by atoms with Gasteiger partial charge in [-0.2, -0.15) is 5.10 Å². The van der Waals surface area contributed by atoms with Crippen LogP contribution in [0.25, 0.3) is 0 Å². The van der Waals surface area contributed by atoms with E-state index >= 15 is 0 Å². The SMILES string of the molecule is COc1cc(CNC(=O)CCCCN)nn1C. The van der Waals surface area contributed by atoms with Gasteiger partial charge in [0.15, 0.2) is 0 Å². The first-order valence-electron chi connectivity index (χ1n) is 5.71. The van der Waals surface area contributed by atoms with Crippen LogP contribution >= 0.6 is 0 Å². The van der Waals surface area contributed by atoms with Crippen molar-refractivity contribution in [1.29, 1.82) is 0 Å². The van der Waals surface area contributed by atoms with Gasteiger partial charge in [0.05, 0.1) is 19.3 Å². The van der Waals surface area contributed by atoms with E-state index in [1.54, 1.807) is 24.9 Å². The Kier molecular flexibility index (Phi) is 5.48. The minimum absolute atomic E-state index is 0.0306. The first-order chi connectivity index (χ1) is 8.17. The van der Waals surface area contributed by atoms with Gasteiger partial charge in [-0.25, -0.2) is 4.68 Å². The van der Waals surface area contributed by atoms with Crippen LogP contribution in [0.15, 0.2) is 6.07 Å². The number of hydrogen-bond acceptors (Lipinski definition) is 4. The molecular formula is C11H20N4O2. The smallest absolute Gasteiger partial charge is 0.220 e. The minimum atomic E-state index is 0.0306. The third-order valence-electron chi connectivity index (χ3n) is 2.42. The van der Waals surface area contributed by atoms with Crippen LogP contribution in [0.5, 0.6) is 5.88 Å². The fraction of sp³-hybridized carbons (Fsp3) is 0.636. The monoisotopic (exact) mass is 240 g/mol. The van der Waals surface area contributed by atoms with E-state index in [-0.39, 0.29) is 5.91 Å². The summed E-state index contributed by atoms with van der Waals surface area (Å²) in [6.45, 7) is 1.06. The Hall–Kier alpha value is -1.56. The first kappa shape index (κ1) is 13.5. The average Bonchev–Trinajstić information content (AvgIpc) is 2.67. The molecule has 0 radical (unpaired) electrons. The maximum atomic E-state index is 11.4. The number of carbonyl (C=O) groups is 1. The van der Waals surface area contributed by atoms with Crippen molar-refractivity contribution in [1.82, 2.24) is 15.1 Å². The zero-order chi connectivity index (χ0) is 12.7. The van der Waals surface area contributed by atoms with Gasteiger partial charge in [-0.15, -0.1) is 0 Å². The molecule has 1 aromatic heterocycles. The molecule has 0 aromatic carbocycles. The second-order valence-corrected chi connectivity index (χ2v) is 3.82. The number of methoxy groups -OCH3 is 1. The van der Waals surface area contributed by atoms with Crippen molar-refractivity contribution >= 4 is 5.91 Å².